The van der Waals surface area contributed by atoms with Crippen LogP contribution >= 0.6 is 27.5 Å². The second-order valence-corrected chi connectivity index (χ2v) is 6.04. The molecule has 2 aromatic carbocycles. The molecular formula is C17H12BrClFNO2. The predicted octanol–water partition coefficient (Wildman–Crippen LogP) is 5.36. The van der Waals surface area contributed by atoms with E-state index in [0.29, 0.717) is 21.1 Å². The fourth-order valence-electron chi connectivity index (χ4n) is 2.47. The molecule has 0 unspecified atom stereocenters. The van der Waals surface area contributed by atoms with Crippen LogP contribution in [-0.4, -0.2) is 17.1 Å². The lowest BCUT2D eigenvalue weighted by Gasteiger charge is -2.10. The van der Waals surface area contributed by atoms with Gasteiger partial charge in [-0.15, -0.1) is 0 Å². The van der Waals surface area contributed by atoms with Crippen LogP contribution in [0.5, 0.6) is 0 Å². The average molecular weight is 397 g/mol. The van der Waals surface area contributed by atoms with Crippen LogP contribution in [0.15, 0.2) is 46.9 Å². The molecule has 3 aromatic rings. The molecule has 1 heterocycles. The summed E-state index contributed by atoms with van der Waals surface area (Å²) in [4.78, 5) is 12.4. The number of para-hydroxylation sites is 1. The first-order valence-electron chi connectivity index (χ1n) is 6.96. The maximum atomic E-state index is 13.8. The van der Waals surface area contributed by atoms with E-state index in [0.717, 1.165) is 5.69 Å². The molecule has 0 amide bonds. The Morgan fingerprint density at radius 1 is 1.30 bits per heavy atom. The minimum Gasteiger partial charge on any atom is -0.461 e. The van der Waals surface area contributed by atoms with Gasteiger partial charge in [0.2, 0.25) is 0 Å². The summed E-state index contributed by atoms with van der Waals surface area (Å²) >= 11 is 9.33. The summed E-state index contributed by atoms with van der Waals surface area (Å²) in [5.41, 5.74) is 1.68. The summed E-state index contributed by atoms with van der Waals surface area (Å²) in [6.07, 6.45) is 0. The van der Waals surface area contributed by atoms with E-state index >= 15 is 0 Å². The molecule has 0 radical (unpaired) electrons. The number of nitrogens with zero attached hydrogens (tertiary/aromatic N) is 1. The third-order valence-corrected chi connectivity index (χ3v) is 4.52. The van der Waals surface area contributed by atoms with E-state index in [2.05, 4.69) is 15.9 Å². The summed E-state index contributed by atoms with van der Waals surface area (Å²) in [7, 11) is 0. The third-order valence-electron chi connectivity index (χ3n) is 3.43. The Morgan fingerprint density at radius 3 is 2.65 bits per heavy atom. The molecule has 6 heteroatoms. The Kier molecular flexibility index (Phi) is 4.41. The van der Waals surface area contributed by atoms with Crippen LogP contribution in [0.2, 0.25) is 5.02 Å². The Bertz CT molecular complexity index is 893. The Hall–Kier alpha value is -1.85. The number of hydrogen-bond acceptors (Lipinski definition) is 2. The molecule has 0 fully saturated rings. The number of rotatable bonds is 3. The van der Waals surface area contributed by atoms with Gasteiger partial charge in [0, 0.05) is 11.1 Å². The summed E-state index contributed by atoms with van der Waals surface area (Å²) in [5, 5.41) is 0.550. The van der Waals surface area contributed by atoms with Gasteiger partial charge in [-0.2, -0.15) is 0 Å². The topological polar surface area (TPSA) is 31.2 Å². The standard InChI is InChI=1S/C17H12BrClFNO2/c1-2-23-17(22)16-15(18)11-8-13(20)12(19)9-14(11)21(16)10-6-4-3-5-7-10/h3-9H,2H2,1H3. The maximum Gasteiger partial charge on any atom is 0.356 e. The second kappa shape index (κ2) is 6.34. The number of halogens is 3. The van der Waals surface area contributed by atoms with Gasteiger partial charge in [0.05, 0.1) is 21.6 Å². The molecule has 118 valence electrons. The molecular weight excluding hydrogens is 385 g/mol. The van der Waals surface area contributed by atoms with Crippen molar-refractivity contribution in [1.82, 2.24) is 4.57 Å². The molecule has 0 aliphatic heterocycles. The van der Waals surface area contributed by atoms with Crippen LogP contribution in [0.25, 0.3) is 16.6 Å². The predicted molar refractivity (Wildman–Crippen MR) is 91.9 cm³/mol. The highest BCUT2D eigenvalue weighted by Gasteiger charge is 2.24. The average Bonchev–Trinajstić information content (AvgIpc) is 2.82. The lowest BCUT2D eigenvalue weighted by atomic mass is 10.2. The lowest BCUT2D eigenvalue weighted by molar-refractivity contribution is 0.0516. The largest absolute Gasteiger partial charge is 0.461 e. The van der Waals surface area contributed by atoms with Gasteiger partial charge in [-0.05, 0) is 47.1 Å². The van der Waals surface area contributed by atoms with E-state index in [9.17, 15) is 9.18 Å². The summed E-state index contributed by atoms with van der Waals surface area (Å²) in [6.45, 7) is 1.98. The van der Waals surface area contributed by atoms with Crippen molar-refractivity contribution in [3.8, 4) is 5.69 Å². The van der Waals surface area contributed by atoms with E-state index in [-0.39, 0.29) is 11.6 Å². The minimum atomic E-state index is -0.541. The van der Waals surface area contributed by atoms with Gasteiger partial charge < -0.3 is 9.30 Å². The van der Waals surface area contributed by atoms with Crippen LogP contribution in [0.4, 0.5) is 4.39 Å². The molecule has 0 saturated heterocycles. The number of carbonyl (C=O) groups excluding carboxylic acids is 1. The van der Waals surface area contributed by atoms with Crippen LogP contribution in [0.3, 0.4) is 0 Å². The van der Waals surface area contributed by atoms with Crippen molar-refractivity contribution in [1.29, 1.82) is 0 Å². The van der Waals surface area contributed by atoms with Crippen LogP contribution in [0, 0.1) is 5.82 Å². The van der Waals surface area contributed by atoms with Gasteiger partial charge in [0.15, 0.2) is 0 Å². The molecule has 3 nitrogen and oxygen atoms in total. The Balaban J connectivity index is 2.40. The first kappa shape index (κ1) is 16.0. The second-order valence-electron chi connectivity index (χ2n) is 4.84. The number of aromatic nitrogens is 1. The smallest absolute Gasteiger partial charge is 0.356 e. The SMILES string of the molecule is CCOC(=O)c1c(Br)c2cc(F)c(Cl)cc2n1-c1ccccc1. The Morgan fingerprint density at radius 2 is 2.00 bits per heavy atom. The summed E-state index contributed by atoms with van der Waals surface area (Å²) < 4.78 is 21.2. The van der Waals surface area contributed by atoms with Crippen molar-refractivity contribution >= 4 is 44.4 Å². The number of ether oxygens (including phenoxy) is 1. The van der Waals surface area contributed by atoms with E-state index in [1.165, 1.54) is 12.1 Å². The molecule has 0 aliphatic rings. The van der Waals surface area contributed by atoms with Crippen LogP contribution in [-0.2, 0) is 4.74 Å². The molecule has 0 bridgehead atoms. The van der Waals surface area contributed by atoms with Crippen molar-refractivity contribution in [3.05, 3.63) is 63.5 Å². The van der Waals surface area contributed by atoms with E-state index < -0.39 is 11.8 Å². The fraction of sp³-hybridized carbons (Fsp3) is 0.118. The van der Waals surface area contributed by atoms with E-state index in [1.807, 2.05) is 30.3 Å². The molecule has 23 heavy (non-hydrogen) atoms. The number of fused-ring (bicyclic) bond motifs is 1. The zero-order chi connectivity index (χ0) is 16.6. The zero-order valence-corrected chi connectivity index (χ0v) is 14.5. The van der Waals surface area contributed by atoms with E-state index in [4.69, 9.17) is 16.3 Å². The number of esters is 1. The number of carbonyl (C=O) groups is 1. The zero-order valence-electron chi connectivity index (χ0n) is 12.1. The number of benzene rings is 2. The minimum absolute atomic E-state index is 0.00455. The van der Waals surface area contributed by atoms with Crippen molar-refractivity contribution in [3.63, 3.8) is 0 Å². The number of hydrogen-bond donors (Lipinski definition) is 0. The van der Waals surface area contributed by atoms with Crippen molar-refractivity contribution < 1.29 is 13.9 Å². The summed E-state index contributed by atoms with van der Waals surface area (Å²) in [5.74, 6) is -1.03. The highest BCUT2D eigenvalue weighted by atomic mass is 79.9. The van der Waals surface area contributed by atoms with Gasteiger partial charge in [0.1, 0.15) is 11.5 Å². The van der Waals surface area contributed by atoms with Crippen molar-refractivity contribution in [2.24, 2.45) is 0 Å². The highest BCUT2D eigenvalue weighted by Crippen LogP contribution is 2.36. The summed E-state index contributed by atoms with van der Waals surface area (Å²) in [6, 6.07) is 12.1. The van der Waals surface area contributed by atoms with Crippen molar-refractivity contribution in [2.75, 3.05) is 6.61 Å². The molecule has 0 atom stereocenters. The molecule has 0 saturated carbocycles. The van der Waals surface area contributed by atoms with Gasteiger partial charge >= 0.3 is 5.97 Å². The van der Waals surface area contributed by atoms with Crippen LogP contribution in [0.1, 0.15) is 17.4 Å². The first-order chi connectivity index (χ1) is 11.0. The first-order valence-corrected chi connectivity index (χ1v) is 8.13. The monoisotopic (exact) mass is 395 g/mol. The van der Waals surface area contributed by atoms with Crippen LogP contribution < -0.4 is 0 Å². The van der Waals surface area contributed by atoms with Gasteiger partial charge in [-0.3, -0.25) is 0 Å². The molecule has 1 aromatic heterocycles. The molecule has 0 spiro atoms. The van der Waals surface area contributed by atoms with Gasteiger partial charge in [-0.25, -0.2) is 9.18 Å². The maximum absolute atomic E-state index is 13.8. The van der Waals surface area contributed by atoms with Crippen molar-refractivity contribution in [2.45, 2.75) is 6.92 Å². The Labute approximate surface area is 145 Å². The molecule has 3 rings (SSSR count). The van der Waals surface area contributed by atoms with Gasteiger partial charge in [0.25, 0.3) is 0 Å². The van der Waals surface area contributed by atoms with E-state index in [1.54, 1.807) is 11.5 Å². The van der Waals surface area contributed by atoms with Gasteiger partial charge in [-0.1, -0.05) is 29.8 Å². The third kappa shape index (κ3) is 2.75. The highest BCUT2D eigenvalue weighted by molar-refractivity contribution is 9.10. The lowest BCUT2D eigenvalue weighted by Crippen LogP contribution is -2.11. The molecule has 0 aliphatic carbocycles. The molecule has 0 N–H and O–H groups in total. The fourth-order valence-corrected chi connectivity index (χ4v) is 3.28. The quantitative estimate of drug-likeness (QED) is 0.558. The normalized spacial score (nSPS) is 11.0.